The van der Waals surface area contributed by atoms with Gasteiger partial charge in [0.1, 0.15) is 0 Å². The van der Waals surface area contributed by atoms with Crippen LogP contribution in [0.15, 0.2) is 12.2 Å². The lowest BCUT2D eigenvalue weighted by Crippen LogP contribution is -2.52. The topological polar surface area (TPSA) is 52.6 Å². The van der Waals surface area contributed by atoms with Gasteiger partial charge in [0, 0.05) is 13.8 Å². The fraction of sp³-hybridized carbons (Fsp3) is 0.667. The van der Waals surface area contributed by atoms with Gasteiger partial charge in [-0.05, 0) is 18.8 Å². The maximum atomic E-state index is 12.0. The van der Waals surface area contributed by atoms with Crippen LogP contribution in [0.5, 0.6) is 0 Å². The van der Waals surface area contributed by atoms with Crippen molar-refractivity contribution in [2.45, 2.75) is 39.4 Å². The molecule has 0 N–H and O–H groups in total. The van der Waals surface area contributed by atoms with Crippen LogP contribution in [0.2, 0.25) is 0 Å². The molecule has 1 aliphatic heterocycles. The molecule has 1 spiro atoms. The van der Waals surface area contributed by atoms with Crippen molar-refractivity contribution in [3.05, 3.63) is 12.2 Å². The Morgan fingerprint density at radius 1 is 1.25 bits per heavy atom. The Kier molecular flexibility index (Phi) is 2.16. The van der Waals surface area contributed by atoms with Crippen LogP contribution in [0.4, 0.5) is 0 Å². The van der Waals surface area contributed by atoms with Gasteiger partial charge in [0.05, 0.1) is 0 Å². The molecular weight excluding hydrogens is 208 g/mol. The molecule has 2 aliphatic rings. The minimum absolute atomic E-state index is 0.154. The minimum atomic E-state index is -1.15. The van der Waals surface area contributed by atoms with Crippen molar-refractivity contribution in [3.8, 4) is 0 Å². The quantitative estimate of drug-likeness (QED) is 0.357. The molecule has 1 saturated carbocycles. The molecule has 4 heteroatoms. The second-order valence-corrected chi connectivity index (χ2v) is 5.20. The van der Waals surface area contributed by atoms with Gasteiger partial charge in [0.2, 0.25) is 0 Å². The number of carbonyl (C=O) groups excluding carboxylic acids is 2. The highest BCUT2D eigenvalue weighted by Gasteiger charge is 2.59. The third-order valence-electron chi connectivity index (χ3n) is 3.34. The van der Waals surface area contributed by atoms with Crippen LogP contribution >= 0.6 is 0 Å². The molecule has 4 nitrogen and oxygen atoms in total. The molecule has 0 aromatic heterocycles. The highest BCUT2D eigenvalue weighted by atomic mass is 16.7. The Balaban J connectivity index is 2.33. The molecular formula is C12H16O4. The number of allylic oxidation sites excluding steroid dienone is 1. The highest BCUT2D eigenvalue weighted by Crippen LogP contribution is 2.49. The first-order valence-electron chi connectivity index (χ1n) is 5.41. The van der Waals surface area contributed by atoms with Crippen molar-refractivity contribution < 1.29 is 19.1 Å². The first-order valence-corrected chi connectivity index (χ1v) is 5.41. The smallest absolute Gasteiger partial charge is 0.327 e. The number of hydrogen-bond acceptors (Lipinski definition) is 4. The predicted octanol–water partition coefficient (Wildman–Crippen LogP) is 1.79. The third-order valence-corrected chi connectivity index (χ3v) is 3.34. The Bertz CT molecular complexity index is 360. The van der Waals surface area contributed by atoms with Gasteiger partial charge >= 0.3 is 11.9 Å². The Morgan fingerprint density at radius 3 is 2.12 bits per heavy atom. The standard InChI is InChI=1S/C12H16O4/c1-7-5-12(6-8(7)2)9(13)15-11(3,4)16-10(12)14/h8H,1,5-6H2,2-4H3. The first kappa shape index (κ1) is 11.2. The van der Waals surface area contributed by atoms with Gasteiger partial charge < -0.3 is 9.47 Å². The van der Waals surface area contributed by atoms with Crippen molar-refractivity contribution >= 4 is 11.9 Å². The summed E-state index contributed by atoms with van der Waals surface area (Å²) in [6.45, 7) is 8.95. The molecule has 0 amide bonds. The highest BCUT2D eigenvalue weighted by molar-refractivity contribution is 6.02. The average Bonchev–Trinajstić information content (AvgIpc) is 2.40. The molecule has 1 aliphatic carbocycles. The van der Waals surface area contributed by atoms with Gasteiger partial charge in [-0.15, -0.1) is 0 Å². The summed E-state index contributed by atoms with van der Waals surface area (Å²) in [7, 11) is 0. The second-order valence-electron chi connectivity index (χ2n) is 5.20. The van der Waals surface area contributed by atoms with Crippen LogP contribution in [0.3, 0.4) is 0 Å². The second kappa shape index (κ2) is 3.09. The largest absolute Gasteiger partial charge is 0.422 e. The van der Waals surface area contributed by atoms with E-state index in [0.29, 0.717) is 12.8 Å². The monoisotopic (exact) mass is 224 g/mol. The molecule has 1 saturated heterocycles. The summed E-state index contributed by atoms with van der Waals surface area (Å²) in [6, 6.07) is 0. The van der Waals surface area contributed by atoms with Crippen molar-refractivity contribution in [2.24, 2.45) is 11.3 Å². The van der Waals surface area contributed by atoms with E-state index in [1.165, 1.54) is 0 Å². The van der Waals surface area contributed by atoms with Gasteiger partial charge in [0.15, 0.2) is 5.41 Å². The van der Waals surface area contributed by atoms with E-state index in [-0.39, 0.29) is 5.92 Å². The van der Waals surface area contributed by atoms with E-state index in [1.54, 1.807) is 13.8 Å². The molecule has 1 heterocycles. The molecule has 0 aromatic rings. The summed E-state index contributed by atoms with van der Waals surface area (Å²) in [5, 5.41) is 0. The van der Waals surface area contributed by atoms with Crippen molar-refractivity contribution in [1.82, 2.24) is 0 Å². The normalized spacial score (nSPS) is 31.4. The Hall–Kier alpha value is -1.32. The van der Waals surface area contributed by atoms with Crippen LogP contribution in [0.1, 0.15) is 33.6 Å². The van der Waals surface area contributed by atoms with Crippen molar-refractivity contribution in [3.63, 3.8) is 0 Å². The lowest BCUT2D eigenvalue weighted by molar-refractivity contribution is -0.250. The molecule has 16 heavy (non-hydrogen) atoms. The number of esters is 2. The van der Waals surface area contributed by atoms with E-state index in [4.69, 9.17) is 9.47 Å². The summed E-state index contributed by atoms with van der Waals surface area (Å²) < 4.78 is 10.3. The van der Waals surface area contributed by atoms with E-state index in [9.17, 15) is 9.59 Å². The van der Waals surface area contributed by atoms with Crippen LogP contribution < -0.4 is 0 Å². The lowest BCUT2D eigenvalue weighted by atomic mass is 9.84. The van der Waals surface area contributed by atoms with Crippen molar-refractivity contribution in [1.29, 1.82) is 0 Å². The molecule has 0 aromatic carbocycles. The zero-order valence-corrected chi connectivity index (χ0v) is 9.83. The number of ether oxygens (including phenoxy) is 2. The predicted molar refractivity (Wildman–Crippen MR) is 56.2 cm³/mol. The van der Waals surface area contributed by atoms with E-state index < -0.39 is 23.1 Å². The molecule has 2 fully saturated rings. The van der Waals surface area contributed by atoms with Crippen LogP contribution in [0.25, 0.3) is 0 Å². The average molecular weight is 224 g/mol. The van der Waals surface area contributed by atoms with E-state index in [2.05, 4.69) is 6.58 Å². The summed E-state index contributed by atoms with van der Waals surface area (Å²) >= 11 is 0. The van der Waals surface area contributed by atoms with E-state index in [0.717, 1.165) is 5.57 Å². The third kappa shape index (κ3) is 1.44. The van der Waals surface area contributed by atoms with E-state index >= 15 is 0 Å². The summed E-state index contributed by atoms with van der Waals surface area (Å²) in [4.78, 5) is 23.9. The minimum Gasteiger partial charge on any atom is -0.422 e. The van der Waals surface area contributed by atoms with Gasteiger partial charge in [-0.1, -0.05) is 19.1 Å². The molecule has 2 rings (SSSR count). The zero-order chi connectivity index (χ0) is 12.1. The van der Waals surface area contributed by atoms with Crippen LogP contribution in [-0.2, 0) is 19.1 Å². The summed E-state index contributed by atoms with van der Waals surface area (Å²) in [6.07, 6.45) is 0.793. The molecule has 88 valence electrons. The number of carbonyl (C=O) groups is 2. The Labute approximate surface area is 94.6 Å². The summed E-state index contributed by atoms with van der Waals surface area (Å²) in [5.41, 5.74) is -0.222. The maximum Gasteiger partial charge on any atom is 0.327 e. The van der Waals surface area contributed by atoms with Crippen LogP contribution in [0, 0.1) is 11.3 Å². The maximum absolute atomic E-state index is 12.0. The fourth-order valence-electron chi connectivity index (χ4n) is 2.36. The number of cyclic esters (lactones) is 2. The van der Waals surface area contributed by atoms with E-state index in [1.807, 2.05) is 6.92 Å². The van der Waals surface area contributed by atoms with Gasteiger partial charge in [-0.25, -0.2) is 0 Å². The van der Waals surface area contributed by atoms with Gasteiger partial charge in [0.25, 0.3) is 5.79 Å². The molecule has 0 bridgehead atoms. The molecule has 1 atom stereocenters. The fourth-order valence-corrected chi connectivity index (χ4v) is 2.36. The zero-order valence-electron chi connectivity index (χ0n) is 9.83. The lowest BCUT2D eigenvalue weighted by Gasteiger charge is -2.38. The van der Waals surface area contributed by atoms with Crippen LogP contribution in [-0.4, -0.2) is 17.7 Å². The summed E-state index contributed by atoms with van der Waals surface area (Å²) in [5.74, 6) is -1.94. The number of rotatable bonds is 0. The number of hydrogen-bond donors (Lipinski definition) is 0. The van der Waals surface area contributed by atoms with Gasteiger partial charge in [-0.3, -0.25) is 9.59 Å². The molecule has 1 unspecified atom stereocenters. The first-order chi connectivity index (χ1) is 7.27. The SMILES string of the molecule is C=C1CC2(CC1C)C(=O)OC(C)(C)OC2=O. The van der Waals surface area contributed by atoms with Crippen molar-refractivity contribution in [2.75, 3.05) is 0 Å². The van der Waals surface area contributed by atoms with Gasteiger partial charge in [-0.2, -0.15) is 0 Å². The molecule has 0 radical (unpaired) electrons. The Morgan fingerprint density at radius 2 is 1.75 bits per heavy atom.